The van der Waals surface area contributed by atoms with Crippen LogP contribution in [0.25, 0.3) is 0 Å². The molecule has 0 fully saturated rings. The molecule has 0 aliphatic heterocycles. The fourth-order valence-corrected chi connectivity index (χ4v) is 2.90. The first-order chi connectivity index (χ1) is 10.1. The molecule has 4 heteroatoms. The Morgan fingerprint density at radius 1 is 1.29 bits per heavy atom. The van der Waals surface area contributed by atoms with Gasteiger partial charge in [-0.3, -0.25) is 4.90 Å². The van der Waals surface area contributed by atoms with Crippen molar-refractivity contribution in [1.82, 2.24) is 10.2 Å². The van der Waals surface area contributed by atoms with E-state index in [0.717, 1.165) is 36.9 Å². The summed E-state index contributed by atoms with van der Waals surface area (Å²) in [5.41, 5.74) is 1.32. The smallest absolute Gasteiger partial charge is 0.0558 e. The number of hydrogen-bond donors (Lipinski definition) is 2. The van der Waals surface area contributed by atoms with E-state index < -0.39 is 0 Å². The Morgan fingerprint density at radius 3 is 2.62 bits per heavy atom. The van der Waals surface area contributed by atoms with Gasteiger partial charge in [0.15, 0.2) is 0 Å². The van der Waals surface area contributed by atoms with Crippen LogP contribution in [0.3, 0.4) is 0 Å². The van der Waals surface area contributed by atoms with Gasteiger partial charge in [-0.1, -0.05) is 35.0 Å². The number of rotatable bonds is 10. The van der Waals surface area contributed by atoms with Crippen LogP contribution in [0, 0.1) is 0 Å². The SMILES string of the molecule is CCCNC(CCN(CCO)C(C)C)c1cccc(Br)c1. The fraction of sp³-hybridized carbons (Fsp3) is 0.647. The van der Waals surface area contributed by atoms with Gasteiger partial charge in [0, 0.05) is 29.6 Å². The molecule has 120 valence electrons. The van der Waals surface area contributed by atoms with Crippen LogP contribution in [0.2, 0.25) is 0 Å². The minimum atomic E-state index is 0.224. The number of benzene rings is 1. The van der Waals surface area contributed by atoms with Crippen molar-refractivity contribution in [2.24, 2.45) is 0 Å². The summed E-state index contributed by atoms with van der Waals surface area (Å²) >= 11 is 3.56. The van der Waals surface area contributed by atoms with Crippen molar-refractivity contribution in [3.05, 3.63) is 34.3 Å². The molecular weight excluding hydrogens is 328 g/mol. The van der Waals surface area contributed by atoms with E-state index in [1.807, 2.05) is 0 Å². The predicted octanol–water partition coefficient (Wildman–Crippen LogP) is 3.58. The van der Waals surface area contributed by atoms with E-state index in [9.17, 15) is 5.11 Å². The summed E-state index contributed by atoms with van der Waals surface area (Å²) in [6.45, 7) is 9.55. The van der Waals surface area contributed by atoms with Crippen LogP contribution in [0.1, 0.15) is 45.2 Å². The highest BCUT2D eigenvalue weighted by Crippen LogP contribution is 2.21. The monoisotopic (exact) mass is 356 g/mol. The molecule has 0 aliphatic carbocycles. The number of aliphatic hydroxyl groups excluding tert-OH is 1. The minimum Gasteiger partial charge on any atom is -0.395 e. The number of aliphatic hydroxyl groups is 1. The predicted molar refractivity (Wildman–Crippen MR) is 93.6 cm³/mol. The van der Waals surface area contributed by atoms with Crippen molar-refractivity contribution in [2.45, 2.75) is 45.7 Å². The average molecular weight is 357 g/mol. The molecule has 1 aromatic carbocycles. The van der Waals surface area contributed by atoms with Gasteiger partial charge in [0.1, 0.15) is 0 Å². The second kappa shape index (κ2) is 10.3. The van der Waals surface area contributed by atoms with Crippen LogP contribution in [0.5, 0.6) is 0 Å². The maximum Gasteiger partial charge on any atom is 0.0558 e. The second-order valence-corrected chi connectivity index (χ2v) is 6.62. The van der Waals surface area contributed by atoms with E-state index in [2.05, 4.69) is 71.2 Å². The molecule has 0 radical (unpaired) electrons. The zero-order valence-electron chi connectivity index (χ0n) is 13.5. The summed E-state index contributed by atoms with van der Waals surface area (Å²) in [6, 6.07) is 9.36. The largest absolute Gasteiger partial charge is 0.395 e. The lowest BCUT2D eigenvalue weighted by atomic mass is 10.0. The van der Waals surface area contributed by atoms with Crippen molar-refractivity contribution in [1.29, 1.82) is 0 Å². The Morgan fingerprint density at radius 2 is 2.05 bits per heavy atom. The molecule has 0 amide bonds. The molecule has 0 saturated heterocycles. The fourth-order valence-electron chi connectivity index (χ4n) is 2.48. The highest BCUT2D eigenvalue weighted by molar-refractivity contribution is 9.10. The highest BCUT2D eigenvalue weighted by Gasteiger charge is 2.15. The molecule has 0 aromatic heterocycles. The molecule has 0 bridgehead atoms. The molecule has 2 N–H and O–H groups in total. The molecule has 1 aromatic rings. The van der Waals surface area contributed by atoms with E-state index >= 15 is 0 Å². The van der Waals surface area contributed by atoms with Crippen LogP contribution >= 0.6 is 15.9 Å². The first kappa shape index (κ1) is 18.6. The third kappa shape index (κ3) is 6.92. The third-order valence-corrected chi connectivity index (χ3v) is 4.21. The first-order valence-corrected chi connectivity index (χ1v) is 8.71. The van der Waals surface area contributed by atoms with Crippen LogP contribution in [-0.4, -0.2) is 42.3 Å². The summed E-state index contributed by atoms with van der Waals surface area (Å²) in [4.78, 5) is 2.33. The molecule has 0 aliphatic rings. The van der Waals surface area contributed by atoms with Crippen molar-refractivity contribution in [2.75, 3.05) is 26.2 Å². The Labute approximate surface area is 137 Å². The van der Waals surface area contributed by atoms with Crippen molar-refractivity contribution in [3.63, 3.8) is 0 Å². The van der Waals surface area contributed by atoms with Gasteiger partial charge in [-0.15, -0.1) is 0 Å². The summed E-state index contributed by atoms with van der Waals surface area (Å²) in [7, 11) is 0. The van der Waals surface area contributed by atoms with Crippen molar-refractivity contribution < 1.29 is 5.11 Å². The highest BCUT2D eigenvalue weighted by atomic mass is 79.9. The van der Waals surface area contributed by atoms with Crippen LogP contribution in [-0.2, 0) is 0 Å². The molecule has 1 atom stereocenters. The van der Waals surface area contributed by atoms with E-state index in [4.69, 9.17) is 0 Å². The van der Waals surface area contributed by atoms with Crippen LogP contribution < -0.4 is 5.32 Å². The Balaban J connectivity index is 2.69. The average Bonchev–Trinajstić information content (AvgIpc) is 2.45. The molecule has 0 spiro atoms. The molecule has 0 saturated carbocycles. The third-order valence-electron chi connectivity index (χ3n) is 3.71. The van der Waals surface area contributed by atoms with Gasteiger partial charge in [-0.2, -0.15) is 0 Å². The quantitative estimate of drug-likeness (QED) is 0.672. The van der Waals surface area contributed by atoms with Gasteiger partial charge in [-0.05, 0) is 50.9 Å². The normalized spacial score (nSPS) is 13.1. The molecule has 1 rings (SSSR count). The molecule has 21 heavy (non-hydrogen) atoms. The van der Waals surface area contributed by atoms with Crippen LogP contribution in [0.15, 0.2) is 28.7 Å². The van der Waals surface area contributed by atoms with Crippen molar-refractivity contribution >= 4 is 15.9 Å². The lowest BCUT2D eigenvalue weighted by molar-refractivity contribution is 0.159. The summed E-state index contributed by atoms with van der Waals surface area (Å²) in [5, 5.41) is 12.8. The number of hydrogen-bond acceptors (Lipinski definition) is 3. The van der Waals surface area contributed by atoms with E-state index in [1.54, 1.807) is 0 Å². The maximum atomic E-state index is 9.18. The van der Waals surface area contributed by atoms with Gasteiger partial charge in [-0.25, -0.2) is 0 Å². The lowest BCUT2D eigenvalue weighted by Gasteiger charge is -2.28. The van der Waals surface area contributed by atoms with Gasteiger partial charge in [0.05, 0.1) is 6.61 Å². The van der Waals surface area contributed by atoms with Gasteiger partial charge >= 0.3 is 0 Å². The topological polar surface area (TPSA) is 35.5 Å². The number of nitrogens with one attached hydrogen (secondary N) is 1. The molecule has 1 unspecified atom stereocenters. The Kier molecular flexibility index (Phi) is 9.16. The van der Waals surface area contributed by atoms with E-state index in [0.29, 0.717) is 12.1 Å². The first-order valence-electron chi connectivity index (χ1n) is 7.92. The summed E-state index contributed by atoms with van der Waals surface area (Å²) < 4.78 is 1.12. The zero-order chi connectivity index (χ0) is 15.7. The summed E-state index contributed by atoms with van der Waals surface area (Å²) in [6.07, 6.45) is 2.18. The van der Waals surface area contributed by atoms with E-state index in [-0.39, 0.29) is 6.61 Å². The second-order valence-electron chi connectivity index (χ2n) is 5.70. The molecular formula is C17H29BrN2O. The van der Waals surface area contributed by atoms with E-state index in [1.165, 1.54) is 5.56 Å². The Bertz CT molecular complexity index is 398. The molecule has 3 nitrogen and oxygen atoms in total. The molecule has 0 heterocycles. The van der Waals surface area contributed by atoms with Crippen LogP contribution in [0.4, 0.5) is 0 Å². The summed E-state index contributed by atoms with van der Waals surface area (Å²) in [5.74, 6) is 0. The zero-order valence-corrected chi connectivity index (χ0v) is 15.1. The van der Waals surface area contributed by atoms with Gasteiger partial charge in [0.25, 0.3) is 0 Å². The van der Waals surface area contributed by atoms with Crippen molar-refractivity contribution in [3.8, 4) is 0 Å². The maximum absolute atomic E-state index is 9.18. The minimum absolute atomic E-state index is 0.224. The standard InChI is InChI=1S/C17H29BrN2O/c1-4-9-19-17(15-6-5-7-16(18)13-15)8-10-20(11-12-21)14(2)3/h5-7,13-14,17,19,21H,4,8-12H2,1-3H3. The van der Waals surface area contributed by atoms with Gasteiger partial charge in [0.2, 0.25) is 0 Å². The number of halogens is 1. The number of nitrogens with zero attached hydrogens (tertiary/aromatic N) is 1. The lowest BCUT2D eigenvalue weighted by Crippen LogP contribution is -2.36. The Hall–Kier alpha value is -0.420. The van der Waals surface area contributed by atoms with Gasteiger partial charge < -0.3 is 10.4 Å².